The molecule has 1 nitrogen and oxygen atoms in total. The molecule has 0 fully saturated rings. The second kappa shape index (κ2) is 3.97. The Labute approximate surface area is 93.7 Å². The first kappa shape index (κ1) is 12.3. The van der Waals surface area contributed by atoms with E-state index in [9.17, 15) is 0 Å². The number of benzene rings is 1. The molecule has 0 aliphatic carbocycles. The molecule has 0 spiro atoms. The van der Waals surface area contributed by atoms with Gasteiger partial charge in [-0.3, -0.25) is 0 Å². The molecule has 0 saturated heterocycles. The fourth-order valence-electron chi connectivity index (χ4n) is 1.56. The molecule has 0 aliphatic heterocycles. The van der Waals surface area contributed by atoms with Gasteiger partial charge >= 0.3 is 0 Å². The second-order valence-corrected chi connectivity index (χ2v) is 5.60. The summed E-state index contributed by atoms with van der Waals surface area (Å²) in [4.78, 5) is 0. The van der Waals surface area contributed by atoms with Gasteiger partial charge in [-0.15, -0.1) is 0 Å². The molecule has 15 heavy (non-hydrogen) atoms. The summed E-state index contributed by atoms with van der Waals surface area (Å²) in [5.41, 5.74) is 8.80. The maximum Gasteiger partial charge on any atom is 0.0378 e. The summed E-state index contributed by atoms with van der Waals surface area (Å²) in [6.45, 7) is 10.9. The Morgan fingerprint density at radius 3 is 1.67 bits per heavy atom. The van der Waals surface area contributed by atoms with E-state index in [-0.39, 0.29) is 11.0 Å². The van der Waals surface area contributed by atoms with Gasteiger partial charge in [-0.1, -0.05) is 52.0 Å². The molecule has 0 heterocycles. The van der Waals surface area contributed by atoms with Crippen LogP contribution in [0.15, 0.2) is 24.3 Å². The van der Waals surface area contributed by atoms with E-state index in [4.69, 9.17) is 5.73 Å². The van der Waals surface area contributed by atoms with Crippen molar-refractivity contribution in [3.8, 4) is 0 Å². The fraction of sp³-hybridized carbons (Fsp3) is 0.571. The van der Waals surface area contributed by atoms with Crippen molar-refractivity contribution in [2.75, 3.05) is 0 Å². The van der Waals surface area contributed by atoms with E-state index in [1.807, 2.05) is 0 Å². The summed E-state index contributed by atoms with van der Waals surface area (Å²) in [6.07, 6.45) is 0.960. The molecule has 84 valence electrons. The first-order valence-electron chi connectivity index (χ1n) is 5.67. The lowest BCUT2D eigenvalue weighted by Gasteiger charge is -2.25. The Kier molecular flexibility index (Phi) is 3.25. The van der Waals surface area contributed by atoms with Crippen molar-refractivity contribution in [1.29, 1.82) is 0 Å². The van der Waals surface area contributed by atoms with Crippen LogP contribution in [-0.4, -0.2) is 0 Å². The fourth-order valence-corrected chi connectivity index (χ4v) is 1.56. The molecule has 1 rings (SSSR count). The van der Waals surface area contributed by atoms with Gasteiger partial charge in [0.25, 0.3) is 0 Å². The van der Waals surface area contributed by atoms with Crippen LogP contribution in [0.1, 0.15) is 52.2 Å². The van der Waals surface area contributed by atoms with E-state index in [1.165, 1.54) is 11.1 Å². The van der Waals surface area contributed by atoms with Crippen LogP contribution in [0.2, 0.25) is 0 Å². The van der Waals surface area contributed by atoms with E-state index in [0.29, 0.717) is 0 Å². The van der Waals surface area contributed by atoms with Gasteiger partial charge in [0.15, 0.2) is 0 Å². The lowest BCUT2D eigenvalue weighted by molar-refractivity contribution is 0.475. The van der Waals surface area contributed by atoms with Gasteiger partial charge in [0.2, 0.25) is 0 Å². The number of hydrogen-bond acceptors (Lipinski definition) is 1. The zero-order chi connectivity index (χ0) is 11.7. The minimum Gasteiger partial charge on any atom is -0.322 e. The zero-order valence-corrected chi connectivity index (χ0v) is 10.6. The molecule has 0 saturated carbocycles. The van der Waals surface area contributed by atoms with E-state index in [1.54, 1.807) is 0 Å². The molecule has 1 unspecified atom stereocenters. The third-order valence-electron chi connectivity index (χ3n) is 3.14. The van der Waals surface area contributed by atoms with Crippen LogP contribution in [0.4, 0.5) is 0 Å². The van der Waals surface area contributed by atoms with Crippen molar-refractivity contribution in [3.63, 3.8) is 0 Å². The summed E-state index contributed by atoms with van der Waals surface area (Å²) in [5, 5.41) is 0. The summed E-state index contributed by atoms with van der Waals surface area (Å²) < 4.78 is 0. The topological polar surface area (TPSA) is 26.0 Å². The molecule has 1 atom stereocenters. The Bertz CT molecular complexity index is 314. The van der Waals surface area contributed by atoms with Crippen molar-refractivity contribution in [3.05, 3.63) is 35.4 Å². The average Bonchev–Trinajstić information content (AvgIpc) is 2.17. The summed E-state index contributed by atoms with van der Waals surface area (Å²) in [7, 11) is 0. The normalized spacial score (nSPS) is 16.1. The Morgan fingerprint density at radius 1 is 0.933 bits per heavy atom. The van der Waals surface area contributed by atoms with Crippen LogP contribution in [-0.2, 0) is 11.0 Å². The predicted octanol–water partition coefficient (Wildman–Crippen LogP) is 3.57. The van der Waals surface area contributed by atoms with Crippen LogP contribution in [0.25, 0.3) is 0 Å². The van der Waals surface area contributed by atoms with E-state index in [2.05, 4.69) is 58.9 Å². The molecule has 1 aromatic carbocycles. The largest absolute Gasteiger partial charge is 0.322 e. The van der Waals surface area contributed by atoms with E-state index >= 15 is 0 Å². The molecule has 0 bridgehead atoms. The van der Waals surface area contributed by atoms with Gasteiger partial charge in [-0.05, 0) is 29.9 Å². The first-order valence-corrected chi connectivity index (χ1v) is 5.67. The number of nitrogens with two attached hydrogens (primary N) is 1. The van der Waals surface area contributed by atoms with Crippen molar-refractivity contribution < 1.29 is 0 Å². The third-order valence-corrected chi connectivity index (χ3v) is 3.14. The van der Waals surface area contributed by atoms with Crippen LogP contribution in [0.3, 0.4) is 0 Å². The van der Waals surface area contributed by atoms with Crippen LogP contribution >= 0.6 is 0 Å². The zero-order valence-electron chi connectivity index (χ0n) is 10.6. The third kappa shape index (κ3) is 2.82. The monoisotopic (exact) mass is 205 g/mol. The molecule has 1 heteroatoms. The Balaban J connectivity index is 3.01. The molecule has 2 N–H and O–H groups in total. The Morgan fingerprint density at radius 2 is 1.33 bits per heavy atom. The Hall–Kier alpha value is -0.820. The number of hydrogen-bond donors (Lipinski definition) is 1. The van der Waals surface area contributed by atoms with Gasteiger partial charge in [-0.25, -0.2) is 0 Å². The lowest BCUT2D eigenvalue weighted by Crippen LogP contribution is -2.31. The smallest absolute Gasteiger partial charge is 0.0378 e. The standard InChI is InChI=1S/C14H23N/c1-6-14(5,15)12-9-7-11(8-10-12)13(2,3)4/h7-10H,6,15H2,1-5H3. The minimum atomic E-state index is -0.198. The van der Waals surface area contributed by atoms with Crippen LogP contribution in [0.5, 0.6) is 0 Å². The molecule has 0 aliphatic rings. The lowest BCUT2D eigenvalue weighted by atomic mass is 9.84. The highest BCUT2D eigenvalue weighted by Crippen LogP contribution is 2.26. The highest BCUT2D eigenvalue weighted by atomic mass is 14.7. The first-order chi connectivity index (χ1) is 6.77. The van der Waals surface area contributed by atoms with Crippen molar-refractivity contribution in [1.82, 2.24) is 0 Å². The van der Waals surface area contributed by atoms with Gasteiger partial charge in [0.1, 0.15) is 0 Å². The molecule has 1 aromatic rings. The van der Waals surface area contributed by atoms with E-state index in [0.717, 1.165) is 6.42 Å². The van der Waals surface area contributed by atoms with Crippen LogP contribution in [0, 0.1) is 0 Å². The minimum absolute atomic E-state index is 0.198. The molecule has 0 aromatic heterocycles. The van der Waals surface area contributed by atoms with E-state index < -0.39 is 0 Å². The maximum absolute atomic E-state index is 6.20. The summed E-state index contributed by atoms with van der Waals surface area (Å²) in [6, 6.07) is 8.69. The van der Waals surface area contributed by atoms with Gasteiger partial charge < -0.3 is 5.73 Å². The SMILES string of the molecule is CCC(C)(N)c1ccc(C(C)(C)C)cc1. The molecule has 0 radical (unpaired) electrons. The summed E-state index contributed by atoms with van der Waals surface area (Å²) in [5.74, 6) is 0. The predicted molar refractivity (Wildman–Crippen MR) is 67.0 cm³/mol. The van der Waals surface area contributed by atoms with Crippen molar-refractivity contribution >= 4 is 0 Å². The highest BCUT2D eigenvalue weighted by Gasteiger charge is 2.19. The van der Waals surface area contributed by atoms with Crippen molar-refractivity contribution in [2.24, 2.45) is 5.73 Å². The summed E-state index contributed by atoms with van der Waals surface area (Å²) >= 11 is 0. The van der Waals surface area contributed by atoms with Gasteiger partial charge in [0.05, 0.1) is 0 Å². The molecular formula is C14H23N. The van der Waals surface area contributed by atoms with Gasteiger partial charge in [-0.2, -0.15) is 0 Å². The average molecular weight is 205 g/mol. The quantitative estimate of drug-likeness (QED) is 0.785. The van der Waals surface area contributed by atoms with Crippen molar-refractivity contribution in [2.45, 2.75) is 52.0 Å². The van der Waals surface area contributed by atoms with Crippen LogP contribution < -0.4 is 5.73 Å². The molecule has 0 amide bonds. The number of rotatable bonds is 2. The second-order valence-electron chi connectivity index (χ2n) is 5.60. The van der Waals surface area contributed by atoms with Gasteiger partial charge in [0, 0.05) is 5.54 Å². The maximum atomic E-state index is 6.20. The highest BCUT2D eigenvalue weighted by molar-refractivity contribution is 5.31. The molecular weight excluding hydrogens is 182 g/mol.